The summed E-state index contributed by atoms with van der Waals surface area (Å²) in [7, 11) is 0. The second kappa shape index (κ2) is 10.6. The molecule has 0 bridgehead atoms. The molecule has 2 amide bonds. The number of hydrogen-bond acceptors (Lipinski definition) is 4. The SMILES string of the molecule is CCOC(=O)N1CCC(C(=O)NCc2ccc(CN3CCC(C)CC3)cc2)CC1. The summed E-state index contributed by atoms with van der Waals surface area (Å²) in [5.41, 5.74) is 2.46. The van der Waals surface area contributed by atoms with Crippen LogP contribution in [-0.4, -0.2) is 54.6 Å². The van der Waals surface area contributed by atoms with Crippen molar-refractivity contribution < 1.29 is 14.3 Å². The monoisotopic (exact) mass is 401 g/mol. The zero-order valence-corrected chi connectivity index (χ0v) is 17.9. The van der Waals surface area contributed by atoms with Crippen molar-refractivity contribution in [2.45, 2.75) is 52.6 Å². The number of nitrogens with zero attached hydrogens (tertiary/aromatic N) is 2. The lowest BCUT2D eigenvalue weighted by atomic mass is 9.96. The number of nitrogens with one attached hydrogen (secondary N) is 1. The number of ether oxygens (including phenoxy) is 1. The molecule has 1 N–H and O–H groups in total. The highest BCUT2D eigenvalue weighted by molar-refractivity contribution is 5.79. The lowest BCUT2D eigenvalue weighted by Crippen LogP contribution is -2.43. The van der Waals surface area contributed by atoms with E-state index in [-0.39, 0.29) is 17.9 Å². The minimum atomic E-state index is -0.273. The largest absolute Gasteiger partial charge is 0.450 e. The molecule has 0 unspecified atom stereocenters. The molecule has 0 aliphatic carbocycles. The van der Waals surface area contributed by atoms with E-state index >= 15 is 0 Å². The van der Waals surface area contributed by atoms with Gasteiger partial charge < -0.3 is 15.0 Å². The lowest BCUT2D eigenvalue weighted by Gasteiger charge is -2.30. The van der Waals surface area contributed by atoms with E-state index in [9.17, 15) is 9.59 Å². The molecule has 2 aliphatic rings. The van der Waals surface area contributed by atoms with Gasteiger partial charge in [-0.2, -0.15) is 0 Å². The molecule has 0 radical (unpaired) electrons. The maximum absolute atomic E-state index is 12.5. The van der Waals surface area contributed by atoms with Crippen LogP contribution in [0.25, 0.3) is 0 Å². The molecule has 29 heavy (non-hydrogen) atoms. The fourth-order valence-electron chi connectivity index (χ4n) is 4.11. The van der Waals surface area contributed by atoms with Crippen LogP contribution >= 0.6 is 0 Å². The zero-order chi connectivity index (χ0) is 20.6. The van der Waals surface area contributed by atoms with E-state index in [1.807, 2.05) is 0 Å². The molecule has 0 spiro atoms. The first-order valence-electron chi connectivity index (χ1n) is 11.0. The van der Waals surface area contributed by atoms with E-state index in [0.717, 1.165) is 18.0 Å². The van der Waals surface area contributed by atoms with Crippen LogP contribution in [0, 0.1) is 11.8 Å². The molecule has 3 rings (SSSR count). The first-order chi connectivity index (χ1) is 14.0. The fraction of sp³-hybridized carbons (Fsp3) is 0.652. The molecule has 1 aromatic carbocycles. The van der Waals surface area contributed by atoms with E-state index in [1.54, 1.807) is 11.8 Å². The summed E-state index contributed by atoms with van der Waals surface area (Å²) in [6.07, 6.45) is 3.70. The number of hydrogen-bond donors (Lipinski definition) is 1. The summed E-state index contributed by atoms with van der Waals surface area (Å²) < 4.78 is 5.03. The maximum Gasteiger partial charge on any atom is 0.409 e. The van der Waals surface area contributed by atoms with E-state index in [4.69, 9.17) is 4.74 Å². The van der Waals surface area contributed by atoms with Crippen LogP contribution in [0.15, 0.2) is 24.3 Å². The Hall–Kier alpha value is -2.08. The Labute approximate surface area is 174 Å². The van der Waals surface area contributed by atoms with Crippen molar-refractivity contribution in [3.8, 4) is 0 Å². The standard InChI is InChI=1S/C23H35N3O3/c1-3-29-23(28)26-14-10-21(11-15-26)22(27)24-16-19-4-6-20(7-5-19)17-25-12-8-18(2)9-13-25/h4-7,18,21H,3,8-17H2,1-2H3,(H,24,27). The lowest BCUT2D eigenvalue weighted by molar-refractivity contribution is -0.126. The van der Waals surface area contributed by atoms with Gasteiger partial charge in [0.15, 0.2) is 0 Å². The van der Waals surface area contributed by atoms with Crippen LogP contribution < -0.4 is 5.32 Å². The van der Waals surface area contributed by atoms with Gasteiger partial charge in [0, 0.05) is 32.1 Å². The van der Waals surface area contributed by atoms with Gasteiger partial charge in [0.25, 0.3) is 0 Å². The molecule has 2 heterocycles. The molecule has 6 heteroatoms. The number of carbonyl (C=O) groups excluding carboxylic acids is 2. The topological polar surface area (TPSA) is 61.9 Å². The van der Waals surface area contributed by atoms with Gasteiger partial charge in [-0.15, -0.1) is 0 Å². The first-order valence-corrected chi connectivity index (χ1v) is 11.0. The molecule has 0 aromatic heterocycles. The first kappa shape index (κ1) is 21.6. The Kier molecular flexibility index (Phi) is 7.92. The number of amides is 2. The average molecular weight is 402 g/mol. The molecule has 6 nitrogen and oxygen atoms in total. The van der Waals surface area contributed by atoms with Gasteiger partial charge in [-0.25, -0.2) is 4.79 Å². The van der Waals surface area contributed by atoms with Crippen LogP contribution in [0.3, 0.4) is 0 Å². The second-order valence-electron chi connectivity index (χ2n) is 8.45. The normalized spacial score (nSPS) is 19.2. The molecule has 2 aliphatic heterocycles. The Morgan fingerprint density at radius 3 is 2.24 bits per heavy atom. The number of rotatable bonds is 6. The predicted octanol–water partition coefficient (Wildman–Crippen LogP) is 3.40. The van der Waals surface area contributed by atoms with Gasteiger partial charge in [0.2, 0.25) is 5.91 Å². The Bertz CT molecular complexity index is 660. The molecule has 2 saturated heterocycles. The summed E-state index contributed by atoms with van der Waals surface area (Å²) in [5.74, 6) is 0.913. The van der Waals surface area contributed by atoms with Gasteiger partial charge in [-0.05, 0) is 62.7 Å². The second-order valence-corrected chi connectivity index (χ2v) is 8.45. The van der Waals surface area contributed by atoms with Gasteiger partial charge in [0.05, 0.1) is 6.61 Å². The van der Waals surface area contributed by atoms with Crippen molar-refractivity contribution in [2.75, 3.05) is 32.8 Å². The number of piperidine rings is 2. The predicted molar refractivity (Wildman–Crippen MR) is 113 cm³/mol. The molecular formula is C23H35N3O3. The van der Waals surface area contributed by atoms with Gasteiger partial charge >= 0.3 is 6.09 Å². The molecule has 1 aromatic rings. The van der Waals surface area contributed by atoms with Crippen LogP contribution in [0.2, 0.25) is 0 Å². The van der Waals surface area contributed by atoms with E-state index in [1.165, 1.54) is 31.5 Å². The minimum absolute atomic E-state index is 0.0264. The molecule has 0 saturated carbocycles. The Morgan fingerprint density at radius 2 is 1.62 bits per heavy atom. The van der Waals surface area contributed by atoms with Crippen LogP contribution in [0.4, 0.5) is 4.79 Å². The van der Waals surface area contributed by atoms with E-state index in [0.29, 0.717) is 39.1 Å². The van der Waals surface area contributed by atoms with Gasteiger partial charge in [0.1, 0.15) is 0 Å². The quantitative estimate of drug-likeness (QED) is 0.794. The number of likely N-dealkylation sites (tertiary alicyclic amines) is 2. The van der Waals surface area contributed by atoms with Crippen molar-refractivity contribution in [3.63, 3.8) is 0 Å². The van der Waals surface area contributed by atoms with Crippen molar-refractivity contribution in [2.24, 2.45) is 11.8 Å². The number of carbonyl (C=O) groups is 2. The van der Waals surface area contributed by atoms with Crippen molar-refractivity contribution in [1.82, 2.24) is 15.1 Å². The Balaban J connectivity index is 1.38. The number of benzene rings is 1. The van der Waals surface area contributed by atoms with E-state index in [2.05, 4.69) is 41.4 Å². The van der Waals surface area contributed by atoms with Gasteiger partial charge in [-0.3, -0.25) is 9.69 Å². The molecular weight excluding hydrogens is 366 g/mol. The van der Waals surface area contributed by atoms with Crippen molar-refractivity contribution in [1.29, 1.82) is 0 Å². The average Bonchev–Trinajstić information content (AvgIpc) is 2.75. The van der Waals surface area contributed by atoms with Crippen LogP contribution in [0.1, 0.15) is 50.7 Å². The highest BCUT2D eigenvalue weighted by Crippen LogP contribution is 2.19. The molecule has 0 atom stereocenters. The van der Waals surface area contributed by atoms with Gasteiger partial charge in [-0.1, -0.05) is 31.2 Å². The van der Waals surface area contributed by atoms with Crippen molar-refractivity contribution in [3.05, 3.63) is 35.4 Å². The summed E-state index contributed by atoms with van der Waals surface area (Å²) in [5, 5.41) is 3.06. The molecule has 2 fully saturated rings. The zero-order valence-electron chi connectivity index (χ0n) is 17.9. The highest BCUT2D eigenvalue weighted by atomic mass is 16.6. The minimum Gasteiger partial charge on any atom is -0.450 e. The van der Waals surface area contributed by atoms with Crippen LogP contribution in [-0.2, 0) is 22.6 Å². The fourth-order valence-corrected chi connectivity index (χ4v) is 4.11. The third-order valence-electron chi connectivity index (χ3n) is 6.16. The highest BCUT2D eigenvalue weighted by Gasteiger charge is 2.27. The maximum atomic E-state index is 12.5. The summed E-state index contributed by atoms with van der Waals surface area (Å²) >= 11 is 0. The van der Waals surface area contributed by atoms with Crippen molar-refractivity contribution >= 4 is 12.0 Å². The van der Waals surface area contributed by atoms with Crippen LogP contribution in [0.5, 0.6) is 0 Å². The van der Waals surface area contributed by atoms with E-state index < -0.39 is 0 Å². The Morgan fingerprint density at radius 1 is 1.00 bits per heavy atom. The summed E-state index contributed by atoms with van der Waals surface area (Å²) in [4.78, 5) is 28.4. The molecule has 160 valence electrons. The third-order valence-corrected chi connectivity index (χ3v) is 6.16. The smallest absolute Gasteiger partial charge is 0.409 e. The summed E-state index contributed by atoms with van der Waals surface area (Å²) in [6, 6.07) is 8.59. The summed E-state index contributed by atoms with van der Waals surface area (Å²) in [6.45, 7) is 9.64. The third kappa shape index (κ3) is 6.46.